The number of ether oxygens (including phenoxy) is 1. The molecule has 0 amide bonds. The van der Waals surface area contributed by atoms with E-state index in [0.717, 1.165) is 39.0 Å². The fourth-order valence-electron chi connectivity index (χ4n) is 2.06. The first-order chi connectivity index (χ1) is 8.29. The molecule has 0 radical (unpaired) electrons. The van der Waals surface area contributed by atoms with Crippen LogP contribution in [0, 0.1) is 5.95 Å². The lowest BCUT2D eigenvalue weighted by atomic mass is 10.1. The summed E-state index contributed by atoms with van der Waals surface area (Å²) in [5, 5.41) is 0. The Kier molecular flexibility index (Phi) is 4.25. The second kappa shape index (κ2) is 5.91. The summed E-state index contributed by atoms with van der Waals surface area (Å²) in [6, 6.07) is 1.38. The Balaban J connectivity index is 1.97. The maximum absolute atomic E-state index is 13.0. The zero-order valence-electron chi connectivity index (χ0n) is 10.1. The van der Waals surface area contributed by atoms with Crippen molar-refractivity contribution in [3.05, 3.63) is 18.3 Å². The smallest absolute Gasteiger partial charge is 0.218 e. The van der Waals surface area contributed by atoms with Gasteiger partial charge < -0.3 is 9.64 Å². The normalized spacial score (nSPS) is 20.6. The molecule has 1 aromatic rings. The Morgan fingerprint density at radius 1 is 1.53 bits per heavy atom. The second-order valence-electron chi connectivity index (χ2n) is 4.28. The van der Waals surface area contributed by atoms with Crippen molar-refractivity contribution in [2.45, 2.75) is 32.3 Å². The van der Waals surface area contributed by atoms with Gasteiger partial charge in [0.25, 0.3) is 0 Å². The van der Waals surface area contributed by atoms with Crippen LogP contribution in [0.15, 0.2) is 12.4 Å². The van der Waals surface area contributed by atoms with Gasteiger partial charge in [-0.05, 0) is 19.3 Å². The highest BCUT2D eigenvalue weighted by atomic mass is 19.1. The molecule has 1 atom stereocenters. The van der Waals surface area contributed by atoms with Crippen molar-refractivity contribution in [2.24, 2.45) is 0 Å². The molecule has 1 fully saturated rings. The number of nitrogens with zero attached hydrogens (tertiary/aromatic N) is 3. The topological polar surface area (TPSA) is 38.2 Å². The maximum Gasteiger partial charge on any atom is 0.218 e. The summed E-state index contributed by atoms with van der Waals surface area (Å²) in [7, 11) is 0. The van der Waals surface area contributed by atoms with Crippen LogP contribution >= 0.6 is 0 Å². The van der Waals surface area contributed by atoms with Crippen LogP contribution in [0.4, 0.5) is 10.2 Å². The molecular formula is C12H18FN3O. The van der Waals surface area contributed by atoms with Gasteiger partial charge in [-0.1, -0.05) is 6.92 Å². The Hall–Kier alpha value is -1.23. The first-order valence-corrected chi connectivity index (χ1v) is 6.13. The van der Waals surface area contributed by atoms with E-state index in [1.807, 2.05) is 0 Å². The first-order valence-electron chi connectivity index (χ1n) is 6.13. The number of aromatic nitrogens is 2. The Bertz CT molecular complexity index is 361. The van der Waals surface area contributed by atoms with Crippen LogP contribution < -0.4 is 4.90 Å². The van der Waals surface area contributed by atoms with Gasteiger partial charge in [-0.15, -0.1) is 0 Å². The van der Waals surface area contributed by atoms with E-state index in [1.54, 1.807) is 0 Å². The van der Waals surface area contributed by atoms with Crippen molar-refractivity contribution >= 4 is 5.82 Å². The summed E-state index contributed by atoms with van der Waals surface area (Å²) in [5.41, 5.74) is 0. The van der Waals surface area contributed by atoms with Gasteiger partial charge in [0, 0.05) is 25.8 Å². The second-order valence-corrected chi connectivity index (χ2v) is 4.28. The molecule has 0 N–H and O–H groups in total. The van der Waals surface area contributed by atoms with Gasteiger partial charge in [-0.3, -0.25) is 0 Å². The predicted molar refractivity (Wildman–Crippen MR) is 63.5 cm³/mol. The van der Waals surface area contributed by atoms with Crippen LogP contribution in [0.3, 0.4) is 0 Å². The third-order valence-corrected chi connectivity index (χ3v) is 2.88. The monoisotopic (exact) mass is 239 g/mol. The van der Waals surface area contributed by atoms with Crippen molar-refractivity contribution in [3.63, 3.8) is 0 Å². The van der Waals surface area contributed by atoms with E-state index in [9.17, 15) is 4.39 Å². The van der Waals surface area contributed by atoms with E-state index in [1.165, 1.54) is 12.4 Å². The third-order valence-electron chi connectivity index (χ3n) is 2.88. The molecule has 0 aliphatic carbocycles. The molecule has 0 saturated carbocycles. The van der Waals surface area contributed by atoms with Gasteiger partial charge in [-0.25, -0.2) is 9.97 Å². The Labute approximate surface area is 101 Å². The molecular weight excluding hydrogens is 221 g/mol. The Morgan fingerprint density at radius 3 is 3.18 bits per heavy atom. The van der Waals surface area contributed by atoms with Crippen LogP contribution in [-0.4, -0.2) is 35.8 Å². The van der Waals surface area contributed by atoms with Crippen LogP contribution in [-0.2, 0) is 4.74 Å². The minimum atomic E-state index is -0.480. The van der Waals surface area contributed by atoms with Gasteiger partial charge in [0.05, 0.1) is 6.10 Å². The zero-order chi connectivity index (χ0) is 12.1. The molecule has 5 heteroatoms. The fourth-order valence-corrected chi connectivity index (χ4v) is 2.06. The molecule has 1 unspecified atom stereocenters. The molecule has 4 nitrogen and oxygen atoms in total. The highest BCUT2D eigenvalue weighted by Crippen LogP contribution is 2.19. The predicted octanol–water partition coefficient (Wildman–Crippen LogP) is 2.01. The van der Waals surface area contributed by atoms with Crippen LogP contribution in [0.25, 0.3) is 0 Å². The number of anilines is 1. The minimum Gasteiger partial charge on any atom is -0.376 e. The quantitative estimate of drug-likeness (QED) is 0.753. The molecule has 0 aromatic carbocycles. The first kappa shape index (κ1) is 12.2. The molecule has 2 heterocycles. The molecule has 0 bridgehead atoms. The van der Waals surface area contributed by atoms with E-state index >= 15 is 0 Å². The summed E-state index contributed by atoms with van der Waals surface area (Å²) in [6.07, 6.45) is 4.66. The minimum absolute atomic E-state index is 0.238. The molecule has 1 saturated heterocycles. The average molecular weight is 239 g/mol. The molecule has 1 aromatic heterocycles. The van der Waals surface area contributed by atoms with Gasteiger partial charge in [0.15, 0.2) is 0 Å². The standard InChI is InChI=1S/C12H18FN3O/c1-2-6-17-10-4-3-5-16(8-10)12-7-11(13)14-9-15-12/h7,9-10H,2-6,8H2,1H3. The number of hydrogen-bond acceptors (Lipinski definition) is 4. The number of hydrogen-bond donors (Lipinski definition) is 0. The SMILES string of the molecule is CCCOC1CCCN(c2cc(F)ncn2)C1. The zero-order valence-corrected chi connectivity index (χ0v) is 10.1. The molecule has 0 spiro atoms. The van der Waals surface area contributed by atoms with Crippen molar-refractivity contribution < 1.29 is 9.13 Å². The Morgan fingerprint density at radius 2 is 2.41 bits per heavy atom. The maximum atomic E-state index is 13.0. The lowest BCUT2D eigenvalue weighted by molar-refractivity contribution is 0.0439. The molecule has 2 rings (SSSR count). The van der Waals surface area contributed by atoms with Gasteiger partial charge in [0.2, 0.25) is 5.95 Å². The third kappa shape index (κ3) is 3.36. The van der Waals surface area contributed by atoms with E-state index in [4.69, 9.17) is 4.74 Å². The van der Waals surface area contributed by atoms with E-state index in [0.29, 0.717) is 5.82 Å². The van der Waals surface area contributed by atoms with Crippen molar-refractivity contribution in [1.82, 2.24) is 9.97 Å². The summed E-state index contributed by atoms with van der Waals surface area (Å²) in [6.45, 7) is 4.58. The number of piperidine rings is 1. The molecule has 1 aliphatic heterocycles. The summed E-state index contributed by atoms with van der Waals surface area (Å²) >= 11 is 0. The van der Waals surface area contributed by atoms with Gasteiger partial charge in [-0.2, -0.15) is 4.39 Å². The van der Waals surface area contributed by atoms with Crippen molar-refractivity contribution in [2.75, 3.05) is 24.6 Å². The number of halogens is 1. The van der Waals surface area contributed by atoms with Crippen molar-refractivity contribution in [3.8, 4) is 0 Å². The summed E-state index contributed by atoms with van der Waals surface area (Å²) < 4.78 is 18.7. The van der Waals surface area contributed by atoms with E-state index in [2.05, 4.69) is 21.8 Å². The highest BCUT2D eigenvalue weighted by Gasteiger charge is 2.21. The van der Waals surface area contributed by atoms with Gasteiger partial charge in [0.1, 0.15) is 12.1 Å². The van der Waals surface area contributed by atoms with Gasteiger partial charge >= 0.3 is 0 Å². The van der Waals surface area contributed by atoms with E-state index < -0.39 is 5.95 Å². The number of rotatable bonds is 4. The van der Waals surface area contributed by atoms with Crippen LogP contribution in [0.5, 0.6) is 0 Å². The summed E-state index contributed by atoms with van der Waals surface area (Å²) in [4.78, 5) is 9.63. The van der Waals surface area contributed by atoms with Crippen molar-refractivity contribution in [1.29, 1.82) is 0 Å². The lowest BCUT2D eigenvalue weighted by Crippen LogP contribution is -2.40. The van der Waals surface area contributed by atoms with E-state index in [-0.39, 0.29) is 6.10 Å². The molecule has 17 heavy (non-hydrogen) atoms. The molecule has 1 aliphatic rings. The largest absolute Gasteiger partial charge is 0.376 e. The summed E-state index contributed by atoms with van der Waals surface area (Å²) in [5.74, 6) is 0.175. The van der Waals surface area contributed by atoms with Crippen LogP contribution in [0.1, 0.15) is 26.2 Å². The lowest BCUT2D eigenvalue weighted by Gasteiger charge is -2.33. The fraction of sp³-hybridized carbons (Fsp3) is 0.667. The highest BCUT2D eigenvalue weighted by molar-refractivity contribution is 5.37. The van der Waals surface area contributed by atoms with Crippen LogP contribution in [0.2, 0.25) is 0 Å². The molecule has 94 valence electrons. The average Bonchev–Trinajstić information content (AvgIpc) is 2.37.